The zero-order chi connectivity index (χ0) is 24.2. The van der Waals surface area contributed by atoms with Crippen LogP contribution in [0.15, 0.2) is 67.0 Å². The molecule has 0 radical (unpaired) electrons. The fourth-order valence-electron chi connectivity index (χ4n) is 4.56. The van der Waals surface area contributed by atoms with E-state index < -0.39 is 0 Å². The highest BCUT2D eigenvalue weighted by Crippen LogP contribution is 2.24. The Morgan fingerprint density at radius 1 is 1.11 bits per heavy atom. The maximum absolute atomic E-state index is 13.7. The molecule has 1 amide bonds. The van der Waals surface area contributed by atoms with E-state index in [-0.39, 0.29) is 12.0 Å². The minimum atomic E-state index is -0.00675. The number of aromatic nitrogens is 2. The molecule has 1 N–H and O–H groups in total. The van der Waals surface area contributed by atoms with E-state index in [4.69, 9.17) is 9.47 Å². The predicted molar refractivity (Wildman–Crippen MR) is 136 cm³/mol. The minimum Gasteiger partial charge on any atom is -0.491 e. The summed E-state index contributed by atoms with van der Waals surface area (Å²) < 4.78 is 11.5. The molecule has 6 heteroatoms. The second-order valence-electron chi connectivity index (χ2n) is 9.25. The smallest absolute Gasteiger partial charge is 0.254 e. The Labute approximate surface area is 205 Å². The van der Waals surface area contributed by atoms with Crippen molar-refractivity contribution >= 4 is 16.8 Å². The Bertz CT molecular complexity index is 1290. The van der Waals surface area contributed by atoms with E-state index in [2.05, 4.69) is 23.8 Å². The van der Waals surface area contributed by atoms with Gasteiger partial charge in [0.15, 0.2) is 0 Å². The summed E-state index contributed by atoms with van der Waals surface area (Å²) in [5.74, 6) is 0.811. The van der Waals surface area contributed by atoms with Gasteiger partial charge in [-0.1, -0.05) is 18.2 Å². The first-order valence-corrected chi connectivity index (χ1v) is 12.2. The topological polar surface area (TPSA) is 67.5 Å². The molecule has 0 bridgehead atoms. The lowest BCUT2D eigenvalue weighted by atomic mass is 10.1. The van der Waals surface area contributed by atoms with Crippen LogP contribution in [0.1, 0.15) is 45.6 Å². The molecule has 1 aliphatic heterocycles. The van der Waals surface area contributed by atoms with Crippen LogP contribution in [0.2, 0.25) is 0 Å². The van der Waals surface area contributed by atoms with Crippen LogP contribution >= 0.6 is 0 Å². The number of ether oxygens (including phenoxy) is 2. The molecule has 5 rings (SSSR count). The Morgan fingerprint density at radius 3 is 2.69 bits per heavy atom. The largest absolute Gasteiger partial charge is 0.491 e. The van der Waals surface area contributed by atoms with Crippen molar-refractivity contribution in [2.24, 2.45) is 0 Å². The van der Waals surface area contributed by atoms with Gasteiger partial charge in [-0.2, -0.15) is 0 Å². The van der Waals surface area contributed by atoms with E-state index in [1.54, 1.807) is 6.20 Å². The van der Waals surface area contributed by atoms with E-state index in [1.807, 2.05) is 65.7 Å². The number of aryl methyl sites for hydroxylation is 2. The van der Waals surface area contributed by atoms with Crippen molar-refractivity contribution in [2.45, 2.75) is 45.9 Å². The van der Waals surface area contributed by atoms with Crippen LogP contribution in [-0.4, -0.2) is 40.1 Å². The number of carbonyl (C=O) groups is 1. The maximum atomic E-state index is 13.7. The van der Waals surface area contributed by atoms with Crippen molar-refractivity contribution < 1.29 is 14.3 Å². The molecule has 0 saturated carbocycles. The van der Waals surface area contributed by atoms with Crippen LogP contribution in [0.25, 0.3) is 10.9 Å². The highest BCUT2D eigenvalue weighted by atomic mass is 16.5. The van der Waals surface area contributed by atoms with Crippen LogP contribution in [0.4, 0.5) is 0 Å². The molecule has 6 nitrogen and oxygen atoms in total. The average Bonchev–Trinajstić information content (AvgIpc) is 3.51. The number of rotatable bonds is 8. The zero-order valence-corrected chi connectivity index (χ0v) is 20.3. The molecule has 1 unspecified atom stereocenters. The third-order valence-electron chi connectivity index (χ3n) is 6.70. The minimum absolute atomic E-state index is 0.00675. The molecule has 1 saturated heterocycles. The SMILES string of the molecule is Cc1[nH]c2ccc(C(=O)N(Cc3ccc(OCC4CCCO4)cc3)Cc3cccnc3)cc2c1C. The lowest BCUT2D eigenvalue weighted by molar-refractivity contribution is 0.0679. The number of H-pyrrole nitrogens is 1. The predicted octanol–water partition coefficient (Wildman–Crippen LogP) is 5.58. The zero-order valence-electron chi connectivity index (χ0n) is 20.3. The normalized spacial score (nSPS) is 15.4. The van der Waals surface area contributed by atoms with Gasteiger partial charge in [0.05, 0.1) is 6.10 Å². The van der Waals surface area contributed by atoms with Crippen molar-refractivity contribution in [2.75, 3.05) is 13.2 Å². The Morgan fingerprint density at radius 2 is 1.94 bits per heavy atom. The van der Waals surface area contributed by atoms with Crippen molar-refractivity contribution in [1.29, 1.82) is 0 Å². The van der Waals surface area contributed by atoms with Gasteiger partial charge in [0.1, 0.15) is 12.4 Å². The fraction of sp³-hybridized carbons (Fsp3) is 0.310. The standard InChI is InChI=1S/C29H31N3O3/c1-20-21(2)31-28-12-9-24(15-27(20)28)29(33)32(18-23-5-3-13-30-16-23)17-22-7-10-25(11-8-22)35-19-26-6-4-14-34-26/h3,5,7-13,15-16,26,31H,4,6,14,17-19H2,1-2H3. The molecule has 2 aromatic heterocycles. The van der Waals surface area contributed by atoms with Crippen molar-refractivity contribution in [1.82, 2.24) is 14.9 Å². The molecule has 1 atom stereocenters. The molecule has 1 aliphatic rings. The van der Waals surface area contributed by atoms with Gasteiger partial charge in [-0.25, -0.2) is 0 Å². The Kier molecular flexibility index (Phi) is 6.82. The lowest BCUT2D eigenvalue weighted by Gasteiger charge is -2.23. The first-order chi connectivity index (χ1) is 17.1. The summed E-state index contributed by atoms with van der Waals surface area (Å²) in [7, 11) is 0. The number of fused-ring (bicyclic) bond motifs is 1. The summed E-state index contributed by atoms with van der Waals surface area (Å²) in [5, 5.41) is 1.09. The number of aromatic amines is 1. The van der Waals surface area contributed by atoms with Gasteiger partial charge < -0.3 is 19.4 Å². The van der Waals surface area contributed by atoms with Gasteiger partial charge in [0.2, 0.25) is 0 Å². The van der Waals surface area contributed by atoms with Gasteiger partial charge in [-0.3, -0.25) is 9.78 Å². The van der Waals surface area contributed by atoms with Gasteiger partial charge >= 0.3 is 0 Å². The molecule has 4 aromatic rings. The molecular formula is C29H31N3O3. The van der Waals surface area contributed by atoms with E-state index >= 15 is 0 Å². The lowest BCUT2D eigenvalue weighted by Crippen LogP contribution is -2.30. The van der Waals surface area contributed by atoms with Gasteiger partial charge in [-0.05, 0) is 79.8 Å². The van der Waals surface area contributed by atoms with Crippen LogP contribution in [0.3, 0.4) is 0 Å². The van der Waals surface area contributed by atoms with Crippen LogP contribution in [0.5, 0.6) is 5.75 Å². The summed E-state index contributed by atoms with van der Waals surface area (Å²) in [6.07, 6.45) is 5.90. The van der Waals surface area contributed by atoms with Crippen molar-refractivity contribution in [3.8, 4) is 5.75 Å². The Balaban J connectivity index is 1.35. The summed E-state index contributed by atoms with van der Waals surface area (Å²) in [4.78, 5) is 23.2. The summed E-state index contributed by atoms with van der Waals surface area (Å²) in [5.41, 5.74) is 6.06. The van der Waals surface area contributed by atoms with Crippen LogP contribution in [0, 0.1) is 13.8 Å². The van der Waals surface area contributed by atoms with E-state index in [9.17, 15) is 4.79 Å². The van der Waals surface area contributed by atoms with E-state index in [0.29, 0.717) is 25.3 Å². The molecule has 0 spiro atoms. The van der Waals surface area contributed by atoms with Gasteiger partial charge in [0.25, 0.3) is 5.91 Å². The summed E-state index contributed by atoms with van der Waals surface area (Å²) >= 11 is 0. The molecule has 3 heterocycles. The van der Waals surface area contributed by atoms with E-state index in [0.717, 1.165) is 52.9 Å². The third kappa shape index (κ3) is 5.38. The Hall–Kier alpha value is -3.64. The molecular weight excluding hydrogens is 438 g/mol. The fourth-order valence-corrected chi connectivity index (χ4v) is 4.56. The first-order valence-electron chi connectivity index (χ1n) is 12.2. The number of carbonyl (C=O) groups excluding carboxylic acids is 1. The monoisotopic (exact) mass is 469 g/mol. The van der Waals surface area contributed by atoms with Gasteiger partial charge in [-0.15, -0.1) is 0 Å². The second kappa shape index (κ2) is 10.3. The number of benzene rings is 2. The quantitative estimate of drug-likeness (QED) is 0.366. The molecule has 0 aliphatic carbocycles. The van der Waals surface area contributed by atoms with E-state index in [1.165, 1.54) is 5.56 Å². The number of hydrogen-bond donors (Lipinski definition) is 1. The highest BCUT2D eigenvalue weighted by Gasteiger charge is 2.19. The molecule has 180 valence electrons. The number of pyridine rings is 1. The molecule has 2 aromatic carbocycles. The molecule has 1 fully saturated rings. The van der Waals surface area contributed by atoms with Gasteiger partial charge in [0, 0.05) is 54.3 Å². The summed E-state index contributed by atoms with van der Waals surface area (Å²) in [6, 6.07) is 17.8. The number of hydrogen-bond acceptors (Lipinski definition) is 4. The second-order valence-corrected chi connectivity index (χ2v) is 9.25. The van der Waals surface area contributed by atoms with Crippen LogP contribution < -0.4 is 4.74 Å². The number of nitrogens with one attached hydrogen (secondary N) is 1. The first kappa shape index (κ1) is 23.1. The van der Waals surface area contributed by atoms with Crippen molar-refractivity contribution in [3.05, 3.63) is 94.9 Å². The maximum Gasteiger partial charge on any atom is 0.254 e. The molecule has 35 heavy (non-hydrogen) atoms. The third-order valence-corrected chi connectivity index (χ3v) is 6.70. The highest BCUT2D eigenvalue weighted by molar-refractivity contribution is 5.99. The number of amides is 1. The van der Waals surface area contributed by atoms with Crippen LogP contribution in [-0.2, 0) is 17.8 Å². The van der Waals surface area contributed by atoms with Crippen molar-refractivity contribution in [3.63, 3.8) is 0 Å². The number of nitrogens with zero attached hydrogens (tertiary/aromatic N) is 2. The summed E-state index contributed by atoms with van der Waals surface area (Å²) in [6.45, 7) is 6.50. The average molecular weight is 470 g/mol.